The molecule has 0 spiro atoms. The Hall–Kier alpha value is -2.04. The minimum Gasteiger partial charge on any atom is -0.349 e. The van der Waals surface area contributed by atoms with Gasteiger partial charge in [0.05, 0.1) is 6.54 Å². The summed E-state index contributed by atoms with van der Waals surface area (Å²) in [6.45, 7) is 6.46. The van der Waals surface area contributed by atoms with Gasteiger partial charge in [0, 0.05) is 39.3 Å². The molecule has 1 amide bonds. The molecule has 0 fully saturated rings. The molecule has 0 unspecified atom stereocenters. The van der Waals surface area contributed by atoms with Crippen molar-refractivity contribution in [2.75, 3.05) is 28.2 Å². The normalized spacial score (nSPS) is 10.9. The number of amides is 1. The van der Waals surface area contributed by atoms with E-state index in [1.54, 1.807) is 0 Å². The number of guanidine groups is 1. The summed E-state index contributed by atoms with van der Waals surface area (Å²) >= 11 is 0. The van der Waals surface area contributed by atoms with Crippen LogP contribution in [-0.2, 0) is 6.54 Å². The SMILES string of the molecule is CN(C)C(=NCc1cccc(C(=O)NC(C)(C)C)c1)N(C)C. The molecule has 5 heteroatoms. The third kappa shape index (κ3) is 5.76. The van der Waals surface area contributed by atoms with Gasteiger partial charge in [0.15, 0.2) is 5.96 Å². The molecule has 0 bridgehead atoms. The van der Waals surface area contributed by atoms with Crippen LogP contribution in [0.4, 0.5) is 0 Å². The maximum Gasteiger partial charge on any atom is 0.251 e. The number of carbonyl (C=O) groups excluding carboxylic acids is 1. The summed E-state index contributed by atoms with van der Waals surface area (Å²) in [5, 5.41) is 2.97. The highest BCUT2D eigenvalue weighted by atomic mass is 16.1. The van der Waals surface area contributed by atoms with Gasteiger partial charge >= 0.3 is 0 Å². The summed E-state index contributed by atoms with van der Waals surface area (Å²) in [5.41, 5.74) is 1.44. The van der Waals surface area contributed by atoms with Crippen LogP contribution < -0.4 is 5.32 Å². The van der Waals surface area contributed by atoms with Crippen molar-refractivity contribution in [1.82, 2.24) is 15.1 Å². The molecule has 0 aromatic heterocycles. The van der Waals surface area contributed by atoms with Gasteiger partial charge in [-0.05, 0) is 38.5 Å². The monoisotopic (exact) mass is 304 g/mol. The summed E-state index contributed by atoms with van der Waals surface area (Å²) in [5.74, 6) is 0.836. The number of carbonyl (C=O) groups is 1. The molecule has 0 aliphatic rings. The van der Waals surface area contributed by atoms with Crippen molar-refractivity contribution in [3.63, 3.8) is 0 Å². The number of hydrogen-bond donors (Lipinski definition) is 1. The first-order valence-corrected chi connectivity index (χ1v) is 7.40. The molecule has 0 radical (unpaired) electrons. The van der Waals surface area contributed by atoms with Crippen LogP contribution in [0.3, 0.4) is 0 Å². The van der Waals surface area contributed by atoms with Gasteiger partial charge in [0.2, 0.25) is 0 Å². The summed E-state index contributed by atoms with van der Waals surface area (Å²) in [7, 11) is 7.86. The summed E-state index contributed by atoms with van der Waals surface area (Å²) in [6, 6.07) is 7.61. The van der Waals surface area contributed by atoms with Gasteiger partial charge in [-0.2, -0.15) is 0 Å². The lowest BCUT2D eigenvalue weighted by Crippen LogP contribution is -2.40. The van der Waals surface area contributed by atoms with Gasteiger partial charge in [-0.1, -0.05) is 12.1 Å². The van der Waals surface area contributed by atoms with E-state index in [1.807, 2.05) is 83.0 Å². The minimum atomic E-state index is -0.242. The van der Waals surface area contributed by atoms with Crippen molar-refractivity contribution in [3.05, 3.63) is 35.4 Å². The molecule has 0 atom stereocenters. The lowest BCUT2D eigenvalue weighted by Gasteiger charge is -2.22. The molecule has 0 aliphatic carbocycles. The van der Waals surface area contributed by atoms with E-state index in [2.05, 4.69) is 10.3 Å². The third-order valence-electron chi connectivity index (χ3n) is 2.88. The van der Waals surface area contributed by atoms with Crippen molar-refractivity contribution in [2.24, 2.45) is 4.99 Å². The van der Waals surface area contributed by atoms with Gasteiger partial charge in [-0.25, -0.2) is 4.99 Å². The maximum absolute atomic E-state index is 12.2. The van der Waals surface area contributed by atoms with E-state index in [9.17, 15) is 4.79 Å². The molecule has 1 rings (SSSR count). The Bertz CT molecular complexity index is 532. The summed E-state index contributed by atoms with van der Waals surface area (Å²) in [6.07, 6.45) is 0. The molecular formula is C17H28N4O. The molecule has 22 heavy (non-hydrogen) atoms. The summed E-state index contributed by atoms with van der Waals surface area (Å²) in [4.78, 5) is 20.7. The maximum atomic E-state index is 12.2. The van der Waals surface area contributed by atoms with Gasteiger partial charge < -0.3 is 15.1 Å². The van der Waals surface area contributed by atoms with Crippen LogP contribution in [0, 0.1) is 0 Å². The van der Waals surface area contributed by atoms with Crippen LogP contribution in [-0.4, -0.2) is 55.4 Å². The van der Waals surface area contributed by atoms with Crippen molar-refractivity contribution in [3.8, 4) is 0 Å². The Morgan fingerprint density at radius 1 is 1.14 bits per heavy atom. The van der Waals surface area contributed by atoms with E-state index < -0.39 is 0 Å². The zero-order chi connectivity index (χ0) is 16.9. The topological polar surface area (TPSA) is 47.9 Å². The first-order valence-electron chi connectivity index (χ1n) is 7.40. The standard InChI is InChI=1S/C17H28N4O/c1-17(2,3)19-15(22)14-10-8-9-13(11-14)12-18-16(20(4)5)21(6)7/h8-11H,12H2,1-7H3,(H,19,22). The molecule has 122 valence electrons. The Labute approximate surface area is 134 Å². The van der Waals surface area contributed by atoms with E-state index >= 15 is 0 Å². The van der Waals surface area contributed by atoms with Crippen LogP contribution in [0.25, 0.3) is 0 Å². The van der Waals surface area contributed by atoms with Crippen LogP contribution in [0.15, 0.2) is 29.3 Å². The predicted octanol–water partition coefficient (Wildman–Crippen LogP) is 2.19. The van der Waals surface area contributed by atoms with Crippen molar-refractivity contribution < 1.29 is 4.79 Å². The molecule has 0 aliphatic heterocycles. The zero-order valence-corrected chi connectivity index (χ0v) is 14.8. The van der Waals surface area contributed by atoms with Crippen LogP contribution in [0.2, 0.25) is 0 Å². The second-order valence-corrected chi connectivity index (χ2v) is 6.81. The largest absolute Gasteiger partial charge is 0.349 e. The number of nitrogens with zero attached hydrogens (tertiary/aromatic N) is 3. The molecule has 0 saturated carbocycles. The molecule has 0 saturated heterocycles. The van der Waals surface area contributed by atoms with E-state index in [-0.39, 0.29) is 11.4 Å². The Kier molecular flexibility index (Phi) is 5.97. The number of aliphatic imine (C=N–C) groups is 1. The predicted molar refractivity (Wildman–Crippen MR) is 92.2 cm³/mol. The zero-order valence-electron chi connectivity index (χ0n) is 14.8. The van der Waals surface area contributed by atoms with Crippen LogP contribution in [0.1, 0.15) is 36.7 Å². The highest BCUT2D eigenvalue weighted by Gasteiger charge is 2.15. The van der Waals surface area contributed by atoms with Gasteiger partial charge in [-0.15, -0.1) is 0 Å². The van der Waals surface area contributed by atoms with E-state index in [0.29, 0.717) is 12.1 Å². The third-order valence-corrected chi connectivity index (χ3v) is 2.88. The number of nitrogens with one attached hydrogen (secondary N) is 1. The second-order valence-electron chi connectivity index (χ2n) is 6.81. The van der Waals surface area contributed by atoms with Crippen LogP contribution in [0.5, 0.6) is 0 Å². The Morgan fingerprint density at radius 3 is 2.23 bits per heavy atom. The lowest BCUT2D eigenvalue weighted by atomic mass is 10.1. The van der Waals surface area contributed by atoms with Crippen molar-refractivity contribution >= 4 is 11.9 Å². The molecule has 1 aromatic carbocycles. The molecule has 0 heterocycles. The fourth-order valence-corrected chi connectivity index (χ4v) is 2.07. The first-order chi connectivity index (χ1) is 10.1. The van der Waals surface area contributed by atoms with Crippen molar-refractivity contribution in [1.29, 1.82) is 0 Å². The number of rotatable bonds is 3. The average molecular weight is 304 g/mol. The van der Waals surface area contributed by atoms with Crippen LogP contribution >= 0.6 is 0 Å². The van der Waals surface area contributed by atoms with Crippen molar-refractivity contribution in [2.45, 2.75) is 32.9 Å². The molecule has 5 nitrogen and oxygen atoms in total. The van der Waals surface area contributed by atoms with Gasteiger partial charge in [-0.3, -0.25) is 4.79 Å². The highest BCUT2D eigenvalue weighted by Crippen LogP contribution is 2.09. The lowest BCUT2D eigenvalue weighted by molar-refractivity contribution is 0.0919. The minimum absolute atomic E-state index is 0.0567. The first kappa shape index (κ1) is 18.0. The van der Waals surface area contributed by atoms with Gasteiger partial charge in [0.1, 0.15) is 0 Å². The Morgan fingerprint density at radius 2 is 1.73 bits per heavy atom. The highest BCUT2D eigenvalue weighted by molar-refractivity contribution is 5.94. The fraction of sp³-hybridized carbons (Fsp3) is 0.529. The molecule has 1 N–H and O–H groups in total. The van der Waals surface area contributed by atoms with E-state index in [1.165, 1.54) is 0 Å². The molecule has 1 aromatic rings. The summed E-state index contributed by atoms with van der Waals surface area (Å²) < 4.78 is 0. The average Bonchev–Trinajstić information content (AvgIpc) is 2.36. The van der Waals surface area contributed by atoms with E-state index in [4.69, 9.17) is 0 Å². The second kappa shape index (κ2) is 7.29. The molecular weight excluding hydrogens is 276 g/mol. The number of hydrogen-bond acceptors (Lipinski definition) is 2. The van der Waals surface area contributed by atoms with Gasteiger partial charge in [0.25, 0.3) is 5.91 Å². The quantitative estimate of drug-likeness (QED) is 0.688. The van der Waals surface area contributed by atoms with E-state index in [0.717, 1.165) is 11.5 Å². The Balaban J connectivity index is 2.89. The number of benzene rings is 1. The smallest absolute Gasteiger partial charge is 0.251 e. The fourth-order valence-electron chi connectivity index (χ4n) is 2.07.